The highest BCUT2D eigenvalue weighted by Gasteiger charge is 2.30. The first-order valence-electron chi connectivity index (χ1n) is 5.91. The molecular weight excluding hydrogens is 264 g/mol. The second-order valence-electron chi connectivity index (χ2n) is 4.57. The molecule has 1 unspecified atom stereocenters. The molecule has 1 rings (SSSR count). The molecule has 0 aliphatic carbocycles. The van der Waals surface area contributed by atoms with Gasteiger partial charge in [0.15, 0.2) is 5.60 Å². The Kier molecular flexibility index (Phi) is 4.93. The van der Waals surface area contributed by atoms with E-state index in [-0.39, 0.29) is 0 Å². The summed E-state index contributed by atoms with van der Waals surface area (Å²) >= 11 is 0. The van der Waals surface area contributed by atoms with E-state index in [2.05, 4.69) is 10.6 Å². The third kappa shape index (κ3) is 4.13. The topological polar surface area (TPSA) is 108 Å². The summed E-state index contributed by atoms with van der Waals surface area (Å²) in [7, 11) is 1.55. The highest BCUT2D eigenvalue weighted by Crippen LogP contribution is 2.21. The normalized spacial score (nSPS) is 13.2. The average molecular weight is 282 g/mol. The van der Waals surface area contributed by atoms with Gasteiger partial charge in [0.05, 0.1) is 13.7 Å². The van der Waals surface area contributed by atoms with Gasteiger partial charge in [0.1, 0.15) is 5.75 Å². The summed E-state index contributed by atoms with van der Waals surface area (Å²) in [4.78, 5) is 22.3. The number of carbonyl (C=O) groups excluding carboxylic acids is 1. The number of carboxylic acids is 1. The number of nitrogens with one attached hydrogen (secondary N) is 2. The van der Waals surface area contributed by atoms with Gasteiger partial charge < -0.3 is 25.6 Å². The minimum atomic E-state index is -2.01. The molecule has 110 valence electrons. The lowest BCUT2D eigenvalue weighted by molar-refractivity contribution is -0.155. The molecule has 4 N–H and O–H groups in total. The number of anilines is 1. The van der Waals surface area contributed by atoms with E-state index in [9.17, 15) is 14.7 Å². The molecule has 0 aliphatic rings. The Bertz CT molecular complexity index is 513. The van der Waals surface area contributed by atoms with Crippen molar-refractivity contribution >= 4 is 17.7 Å². The second kappa shape index (κ2) is 6.25. The third-order valence-corrected chi connectivity index (χ3v) is 2.71. The molecule has 0 saturated carbocycles. The quantitative estimate of drug-likeness (QED) is 0.643. The number of aliphatic hydroxyl groups is 1. The van der Waals surface area contributed by atoms with Crippen LogP contribution in [0, 0.1) is 6.92 Å². The van der Waals surface area contributed by atoms with E-state index >= 15 is 0 Å². The molecule has 1 atom stereocenters. The van der Waals surface area contributed by atoms with Crippen LogP contribution in [0.2, 0.25) is 0 Å². The molecule has 0 bridgehead atoms. The molecule has 0 saturated heterocycles. The molecule has 7 heteroatoms. The van der Waals surface area contributed by atoms with E-state index in [0.29, 0.717) is 11.4 Å². The van der Waals surface area contributed by atoms with Crippen LogP contribution in [0.1, 0.15) is 12.5 Å². The summed E-state index contributed by atoms with van der Waals surface area (Å²) in [6.07, 6.45) is 0. The molecule has 2 amide bonds. The Hall–Kier alpha value is -2.28. The molecule has 20 heavy (non-hydrogen) atoms. The van der Waals surface area contributed by atoms with Crippen molar-refractivity contribution in [3.05, 3.63) is 23.8 Å². The van der Waals surface area contributed by atoms with E-state index in [0.717, 1.165) is 12.5 Å². The number of hydrogen-bond acceptors (Lipinski definition) is 4. The zero-order valence-corrected chi connectivity index (χ0v) is 11.6. The van der Waals surface area contributed by atoms with Gasteiger partial charge in [-0.05, 0) is 37.6 Å². The number of carbonyl (C=O) groups is 2. The molecular formula is C13H18N2O5. The fraction of sp³-hybridized carbons (Fsp3) is 0.385. The van der Waals surface area contributed by atoms with Crippen molar-refractivity contribution in [2.45, 2.75) is 19.4 Å². The van der Waals surface area contributed by atoms with Crippen molar-refractivity contribution in [2.24, 2.45) is 0 Å². The fourth-order valence-electron chi connectivity index (χ4n) is 1.46. The third-order valence-electron chi connectivity index (χ3n) is 2.71. The molecule has 0 aromatic heterocycles. The number of amides is 2. The van der Waals surface area contributed by atoms with Gasteiger partial charge in [0.2, 0.25) is 0 Å². The van der Waals surface area contributed by atoms with Crippen molar-refractivity contribution in [2.75, 3.05) is 19.0 Å². The summed E-state index contributed by atoms with van der Waals surface area (Å²) in [5.41, 5.74) is -0.619. The Balaban J connectivity index is 2.59. The smallest absolute Gasteiger partial charge is 0.337 e. The van der Waals surface area contributed by atoms with Crippen LogP contribution in [0.4, 0.5) is 10.5 Å². The maximum atomic E-state index is 11.6. The minimum Gasteiger partial charge on any atom is -0.496 e. The Labute approximate surface area is 116 Å². The SMILES string of the molecule is COc1ccc(NC(=O)NCC(C)(O)C(=O)O)cc1C. The van der Waals surface area contributed by atoms with Gasteiger partial charge in [0.25, 0.3) is 0 Å². The van der Waals surface area contributed by atoms with Crippen LogP contribution in [-0.4, -0.2) is 41.5 Å². The Morgan fingerprint density at radius 2 is 2.05 bits per heavy atom. The molecule has 0 radical (unpaired) electrons. The number of ether oxygens (including phenoxy) is 1. The summed E-state index contributed by atoms with van der Waals surface area (Å²) in [5.74, 6) is -0.706. The molecule has 1 aromatic carbocycles. The number of aliphatic carboxylic acids is 1. The number of urea groups is 1. The first-order valence-corrected chi connectivity index (χ1v) is 5.91. The molecule has 0 fully saturated rings. The summed E-state index contributed by atoms with van der Waals surface area (Å²) < 4.78 is 5.10. The van der Waals surface area contributed by atoms with E-state index < -0.39 is 24.1 Å². The van der Waals surface area contributed by atoms with Crippen LogP contribution >= 0.6 is 0 Å². The Morgan fingerprint density at radius 1 is 1.40 bits per heavy atom. The van der Waals surface area contributed by atoms with E-state index in [1.165, 1.54) is 0 Å². The van der Waals surface area contributed by atoms with Crippen LogP contribution in [0.25, 0.3) is 0 Å². The van der Waals surface area contributed by atoms with Crippen LogP contribution in [0.5, 0.6) is 5.75 Å². The monoisotopic (exact) mass is 282 g/mol. The van der Waals surface area contributed by atoms with Crippen LogP contribution in [-0.2, 0) is 4.79 Å². The van der Waals surface area contributed by atoms with Crippen molar-refractivity contribution in [1.29, 1.82) is 0 Å². The summed E-state index contributed by atoms with van der Waals surface area (Å²) in [5, 5.41) is 23.0. The first kappa shape index (κ1) is 15.8. The van der Waals surface area contributed by atoms with Gasteiger partial charge in [-0.2, -0.15) is 0 Å². The molecule has 1 aromatic rings. The average Bonchev–Trinajstić information content (AvgIpc) is 2.36. The first-order chi connectivity index (χ1) is 9.26. The number of methoxy groups -OCH3 is 1. The molecule has 7 nitrogen and oxygen atoms in total. The number of benzene rings is 1. The summed E-state index contributed by atoms with van der Waals surface area (Å²) in [6, 6.07) is 4.48. The van der Waals surface area contributed by atoms with Gasteiger partial charge in [-0.15, -0.1) is 0 Å². The lowest BCUT2D eigenvalue weighted by atomic mass is 10.1. The van der Waals surface area contributed by atoms with E-state index in [1.807, 2.05) is 6.92 Å². The van der Waals surface area contributed by atoms with E-state index in [1.54, 1.807) is 25.3 Å². The van der Waals surface area contributed by atoms with Gasteiger partial charge >= 0.3 is 12.0 Å². The molecule has 0 heterocycles. The predicted octanol–water partition coefficient (Wildman–Crippen LogP) is 0.961. The van der Waals surface area contributed by atoms with Gasteiger partial charge in [0, 0.05) is 5.69 Å². The zero-order chi connectivity index (χ0) is 15.3. The predicted molar refractivity (Wildman–Crippen MR) is 73.0 cm³/mol. The number of aryl methyl sites for hydroxylation is 1. The lowest BCUT2D eigenvalue weighted by Gasteiger charge is -2.18. The van der Waals surface area contributed by atoms with Crippen molar-refractivity contribution < 1.29 is 24.5 Å². The van der Waals surface area contributed by atoms with Gasteiger partial charge in [-0.1, -0.05) is 0 Å². The van der Waals surface area contributed by atoms with Gasteiger partial charge in [-0.3, -0.25) is 0 Å². The molecule has 0 aliphatic heterocycles. The van der Waals surface area contributed by atoms with E-state index in [4.69, 9.17) is 9.84 Å². The maximum absolute atomic E-state index is 11.6. The number of carboxylic acid groups (broad SMARTS) is 1. The van der Waals surface area contributed by atoms with Crippen LogP contribution in [0.3, 0.4) is 0 Å². The molecule has 0 spiro atoms. The number of rotatable bonds is 5. The number of hydrogen-bond donors (Lipinski definition) is 4. The van der Waals surface area contributed by atoms with Crippen molar-refractivity contribution in [3.63, 3.8) is 0 Å². The minimum absolute atomic E-state index is 0.400. The standard InChI is InChI=1S/C13H18N2O5/c1-8-6-9(4-5-10(8)20-3)15-12(18)14-7-13(2,19)11(16)17/h4-6,19H,7H2,1-3H3,(H,16,17)(H2,14,15,18). The highest BCUT2D eigenvalue weighted by molar-refractivity contribution is 5.90. The largest absolute Gasteiger partial charge is 0.496 e. The van der Waals surface area contributed by atoms with Crippen molar-refractivity contribution in [1.82, 2.24) is 5.32 Å². The Morgan fingerprint density at radius 3 is 2.55 bits per heavy atom. The lowest BCUT2D eigenvalue weighted by Crippen LogP contribution is -2.47. The van der Waals surface area contributed by atoms with Crippen molar-refractivity contribution in [3.8, 4) is 5.75 Å². The second-order valence-corrected chi connectivity index (χ2v) is 4.57. The van der Waals surface area contributed by atoms with Gasteiger partial charge in [-0.25, -0.2) is 9.59 Å². The van der Waals surface area contributed by atoms with Crippen LogP contribution < -0.4 is 15.4 Å². The zero-order valence-electron chi connectivity index (χ0n) is 11.6. The van der Waals surface area contributed by atoms with Crippen LogP contribution in [0.15, 0.2) is 18.2 Å². The fourth-order valence-corrected chi connectivity index (χ4v) is 1.46. The highest BCUT2D eigenvalue weighted by atomic mass is 16.5. The maximum Gasteiger partial charge on any atom is 0.337 e. The summed E-state index contributed by atoms with van der Waals surface area (Å²) in [6.45, 7) is 2.54.